The Balaban J connectivity index is 1.80. The van der Waals surface area contributed by atoms with Crippen molar-refractivity contribution in [3.8, 4) is 0 Å². The number of carbonyl (C=O) groups is 1. The lowest BCUT2D eigenvalue weighted by Crippen LogP contribution is -2.32. The summed E-state index contributed by atoms with van der Waals surface area (Å²) in [6.45, 7) is 5.95. The summed E-state index contributed by atoms with van der Waals surface area (Å²) in [6, 6.07) is 15.5. The van der Waals surface area contributed by atoms with Gasteiger partial charge in [0.15, 0.2) is 0 Å². The van der Waals surface area contributed by atoms with Gasteiger partial charge in [0.1, 0.15) is 5.60 Å². The fourth-order valence-corrected chi connectivity index (χ4v) is 2.48. The van der Waals surface area contributed by atoms with E-state index in [0.717, 1.165) is 21.8 Å². The Hall–Kier alpha value is -2.34. The highest BCUT2D eigenvalue weighted by atomic mass is 32.2. The smallest absolute Gasteiger partial charge is 0.407 e. The van der Waals surface area contributed by atoms with Crippen LogP contribution in [0.4, 0.5) is 16.2 Å². The van der Waals surface area contributed by atoms with Crippen molar-refractivity contribution in [2.45, 2.75) is 37.8 Å². The van der Waals surface area contributed by atoms with Crippen molar-refractivity contribution in [1.82, 2.24) is 5.32 Å². The summed E-state index contributed by atoms with van der Waals surface area (Å²) in [5.41, 5.74) is 7.92. The third kappa shape index (κ3) is 6.42. The molecule has 0 unspecified atom stereocenters. The standard InChI is InChI=1S/C18H23N3O2S/c1-18(2,3)23-17(22)20-12-13-4-8-15(9-5-13)21-24-16-10-6-14(19)7-11-16/h4-11,21H,12,19H2,1-3H3,(H,20,22). The molecule has 0 heterocycles. The fourth-order valence-electron chi connectivity index (χ4n) is 1.83. The Morgan fingerprint density at radius 2 is 1.71 bits per heavy atom. The SMILES string of the molecule is CC(C)(C)OC(=O)NCc1ccc(NSc2ccc(N)cc2)cc1. The predicted molar refractivity (Wildman–Crippen MR) is 99.8 cm³/mol. The number of nitrogens with one attached hydrogen (secondary N) is 2. The van der Waals surface area contributed by atoms with Gasteiger partial charge in [0.25, 0.3) is 0 Å². The van der Waals surface area contributed by atoms with Gasteiger partial charge in [-0.05, 0) is 74.7 Å². The Labute approximate surface area is 147 Å². The molecule has 5 nitrogen and oxygen atoms in total. The van der Waals surface area contributed by atoms with Crippen LogP contribution in [0.2, 0.25) is 0 Å². The van der Waals surface area contributed by atoms with Crippen molar-refractivity contribution in [2.24, 2.45) is 0 Å². The molecule has 2 aromatic carbocycles. The second-order valence-corrected chi connectivity index (χ2v) is 7.21. The molecule has 0 radical (unpaired) electrons. The molecule has 24 heavy (non-hydrogen) atoms. The summed E-state index contributed by atoms with van der Waals surface area (Å²) < 4.78 is 8.47. The van der Waals surface area contributed by atoms with E-state index in [1.807, 2.05) is 69.3 Å². The lowest BCUT2D eigenvalue weighted by molar-refractivity contribution is 0.0523. The maximum Gasteiger partial charge on any atom is 0.407 e. The summed E-state index contributed by atoms with van der Waals surface area (Å²) in [7, 11) is 0. The van der Waals surface area contributed by atoms with E-state index in [9.17, 15) is 4.79 Å². The van der Waals surface area contributed by atoms with Gasteiger partial charge in [0.2, 0.25) is 0 Å². The van der Waals surface area contributed by atoms with Crippen LogP contribution < -0.4 is 15.8 Å². The number of nitrogens with two attached hydrogens (primary N) is 1. The van der Waals surface area contributed by atoms with Crippen LogP contribution in [-0.4, -0.2) is 11.7 Å². The minimum absolute atomic E-state index is 0.413. The number of alkyl carbamates (subject to hydrolysis) is 1. The van der Waals surface area contributed by atoms with Crippen LogP contribution in [0.25, 0.3) is 0 Å². The number of benzene rings is 2. The molecule has 4 N–H and O–H groups in total. The van der Waals surface area contributed by atoms with Gasteiger partial charge in [-0.15, -0.1) is 0 Å². The Kier molecular flexibility index (Phi) is 5.98. The molecule has 2 rings (SSSR count). The van der Waals surface area contributed by atoms with Gasteiger partial charge in [-0.2, -0.15) is 0 Å². The molecule has 0 aliphatic heterocycles. The summed E-state index contributed by atoms with van der Waals surface area (Å²) in [5.74, 6) is 0. The van der Waals surface area contributed by atoms with Crippen molar-refractivity contribution >= 4 is 29.4 Å². The molecule has 6 heteroatoms. The normalized spacial score (nSPS) is 11.0. The lowest BCUT2D eigenvalue weighted by Gasteiger charge is -2.19. The van der Waals surface area contributed by atoms with E-state index in [1.54, 1.807) is 0 Å². The average Bonchev–Trinajstić information content (AvgIpc) is 2.52. The van der Waals surface area contributed by atoms with Crippen LogP contribution in [0.1, 0.15) is 26.3 Å². The number of nitrogen functional groups attached to an aromatic ring is 1. The van der Waals surface area contributed by atoms with E-state index in [1.165, 1.54) is 11.9 Å². The summed E-state index contributed by atoms with van der Waals surface area (Å²) >= 11 is 1.52. The molecular weight excluding hydrogens is 322 g/mol. The van der Waals surface area contributed by atoms with Crippen molar-refractivity contribution in [3.05, 3.63) is 54.1 Å². The van der Waals surface area contributed by atoms with Gasteiger partial charge in [0, 0.05) is 22.8 Å². The Bertz CT molecular complexity index is 664. The van der Waals surface area contributed by atoms with Crippen LogP contribution >= 0.6 is 11.9 Å². The quantitative estimate of drug-likeness (QED) is 0.553. The Morgan fingerprint density at radius 3 is 2.29 bits per heavy atom. The number of hydrogen-bond donors (Lipinski definition) is 3. The molecule has 128 valence electrons. The first-order valence-corrected chi connectivity index (χ1v) is 8.48. The zero-order valence-corrected chi connectivity index (χ0v) is 14.9. The number of anilines is 2. The van der Waals surface area contributed by atoms with Gasteiger partial charge in [-0.1, -0.05) is 12.1 Å². The zero-order chi connectivity index (χ0) is 17.6. The number of rotatable bonds is 5. The van der Waals surface area contributed by atoms with Crippen molar-refractivity contribution in [3.63, 3.8) is 0 Å². The number of amides is 1. The first-order chi connectivity index (χ1) is 11.3. The van der Waals surface area contributed by atoms with E-state index in [-0.39, 0.29) is 0 Å². The van der Waals surface area contributed by atoms with E-state index in [2.05, 4.69) is 10.0 Å². The summed E-state index contributed by atoms with van der Waals surface area (Å²) in [6.07, 6.45) is -0.413. The minimum Gasteiger partial charge on any atom is -0.444 e. The summed E-state index contributed by atoms with van der Waals surface area (Å²) in [5, 5.41) is 2.74. The first-order valence-electron chi connectivity index (χ1n) is 7.66. The molecule has 0 fully saturated rings. The van der Waals surface area contributed by atoms with Gasteiger partial charge >= 0.3 is 6.09 Å². The van der Waals surface area contributed by atoms with Crippen LogP contribution in [0.15, 0.2) is 53.4 Å². The highest BCUT2D eigenvalue weighted by Gasteiger charge is 2.15. The van der Waals surface area contributed by atoms with Gasteiger partial charge in [0.05, 0.1) is 0 Å². The van der Waals surface area contributed by atoms with E-state index < -0.39 is 11.7 Å². The van der Waals surface area contributed by atoms with Crippen LogP contribution in [0.5, 0.6) is 0 Å². The van der Waals surface area contributed by atoms with Crippen LogP contribution in [-0.2, 0) is 11.3 Å². The maximum absolute atomic E-state index is 11.6. The van der Waals surface area contributed by atoms with Crippen LogP contribution in [0.3, 0.4) is 0 Å². The molecule has 0 saturated heterocycles. The second kappa shape index (κ2) is 7.97. The molecule has 0 aliphatic carbocycles. The van der Waals surface area contributed by atoms with Crippen molar-refractivity contribution in [1.29, 1.82) is 0 Å². The van der Waals surface area contributed by atoms with Gasteiger partial charge in [-0.3, -0.25) is 0 Å². The summed E-state index contributed by atoms with van der Waals surface area (Å²) in [4.78, 5) is 12.7. The zero-order valence-electron chi connectivity index (χ0n) is 14.1. The number of hydrogen-bond acceptors (Lipinski definition) is 5. The maximum atomic E-state index is 11.6. The second-order valence-electron chi connectivity index (χ2n) is 6.33. The third-order valence-electron chi connectivity index (χ3n) is 2.96. The number of ether oxygens (including phenoxy) is 1. The molecule has 0 atom stereocenters. The van der Waals surface area contributed by atoms with E-state index in [0.29, 0.717) is 6.54 Å². The van der Waals surface area contributed by atoms with Crippen molar-refractivity contribution < 1.29 is 9.53 Å². The average molecular weight is 345 g/mol. The lowest BCUT2D eigenvalue weighted by atomic mass is 10.2. The highest BCUT2D eigenvalue weighted by molar-refractivity contribution is 8.00. The largest absolute Gasteiger partial charge is 0.444 e. The Morgan fingerprint density at radius 1 is 1.08 bits per heavy atom. The fraction of sp³-hybridized carbons (Fsp3) is 0.278. The van der Waals surface area contributed by atoms with Gasteiger partial charge < -0.3 is 20.5 Å². The first kappa shape index (κ1) is 18.0. The van der Waals surface area contributed by atoms with Crippen molar-refractivity contribution in [2.75, 3.05) is 10.5 Å². The third-order valence-corrected chi connectivity index (χ3v) is 3.80. The molecule has 0 saturated carbocycles. The van der Waals surface area contributed by atoms with Gasteiger partial charge in [-0.25, -0.2) is 4.79 Å². The highest BCUT2D eigenvalue weighted by Crippen LogP contribution is 2.22. The molecular formula is C18H23N3O2S. The predicted octanol–water partition coefficient (Wildman–Crippen LogP) is 4.41. The van der Waals surface area contributed by atoms with E-state index in [4.69, 9.17) is 10.5 Å². The van der Waals surface area contributed by atoms with Crippen LogP contribution in [0, 0.1) is 0 Å². The topological polar surface area (TPSA) is 76.4 Å². The van der Waals surface area contributed by atoms with E-state index >= 15 is 0 Å². The monoisotopic (exact) mass is 345 g/mol. The minimum atomic E-state index is -0.489. The molecule has 0 bridgehead atoms. The number of carbonyl (C=O) groups excluding carboxylic acids is 1. The molecule has 1 amide bonds. The molecule has 2 aromatic rings. The molecule has 0 spiro atoms. The molecule has 0 aromatic heterocycles. The molecule has 0 aliphatic rings.